The van der Waals surface area contributed by atoms with Crippen LogP contribution in [-0.2, 0) is 6.54 Å². The Morgan fingerprint density at radius 2 is 1.44 bits per heavy atom. The number of aromatic nitrogens is 1. The minimum Gasteiger partial charge on any atom is -0.497 e. The summed E-state index contributed by atoms with van der Waals surface area (Å²) < 4.78 is 27.3. The Hall–Kier alpha value is -3.65. The number of nitrogens with one attached hydrogen (secondary N) is 1. The first-order valence-electron chi connectivity index (χ1n) is 12.0. The number of hydrogen-bond donors (Lipinski definition) is 1. The molecule has 0 radical (unpaired) electrons. The van der Waals surface area contributed by atoms with Gasteiger partial charge in [0, 0.05) is 61.3 Å². The van der Waals surface area contributed by atoms with E-state index in [0.29, 0.717) is 23.3 Å². The van der Waals surface area contributed by atoms with Gasteiger partial charge in [-0.05, 0) is 42.7 Å². The zero-order valence-corrected chi connectivity index (χ0v) is 21.7. The van der Waals surface area contributed by atoms with Gasteiger partial charge in [0.1, 0.15) is 11.5 Å². The monoisotopic (exact) mass is 493 g/mol. The van der Waals surface area contributed by atoms with Crippen molar-refractivity contribution in [1.82, 2.24) is 9.88 Å². The molecule has 1 N–H and O–H groups in total. The molecule has 0 bridgehead atoms. The zero-order valence-electron chi connectivity index (χ0n) is 21.7. The molecule has 2 aromatic carbocycles. The van der Waals surface area contributed by atoms with Gasteiger partial charge in [-0.3, -0.25) is 9.88 Å². The molecule has 0 unspecified atom stereocenters. The number of piperidine rings is 1. The second kappa shape index (κ2) is 11.9. The highest BCUT2D eigenvalue weighted by molar-refractivity contribution is 5.69. The number of hydrogen-bond acceptors (Lipinski definition) is 8. The highest BCUT2D eigenvalue weighted by Crippen LogP contribution is 2.41. The molecule has 0 aliphatic carbocycles. The molecule has 0 amide bonds. The number of ether oxygens (including phenoxy) is 5. The van der Waals surface area contributed by atoms with E-state index in [9.17, 15) is 0 Å². The van der Waals surface area contributed by atoms with Crippen LogP contribution in [0, 0.1) is 0 Å². The van der Waals surface area contributed by atoms with E-state index in [-0.39, 0.29) is 0 Å². The van der Waals surface area contributed by atoms with E-state index in [0.717, 1.165) is 60.9 Å². The maximum absolute atomic E-state index is 5.51. The summed E-state index contributed by atoms with van der Waals surface area (Å²) in [5, 5.41) is 3.65. The molecule has 2 heterocycles. The van der Waals surface area contributed by atoms with Crippen molar-refractivity contribution in [3.05, 3.63) is 54.2 Å². The fourth-order valence-corrected chi connectivity index (χ4v) is 4.58. The SMILES string of the molecule is COc1cc(NC2CCN(Cc3ccnc(-c4cc(OC)c(OC)c(OC)c4)c3)CC2)cc(OC)c1. The van der Waals surface area contributed by atoms with Gasteiger partial charge >= 0.3 is 0 Å². The van der Waals surface area contributed by atoms with E-state index in [1.54, 1.807) is 35.5 Å². The number of likely N-dealkylation sites (tertiary alicyclic amines) is 1. The normalized spacial score (nSPS) is 14.2. The summed E-state index contributed by atoms with van der Waals surface area (Å²) in [5.74, 6) is 3.37. The first-order chi connectivity index (χ1) is 17.6. The molecule has 36 heavy (non-hydrogen) atoms. The van der Waals surface area contributed by atoms with Crippen molar-refractivity contribution >= 4 is 5.69 Å². The Balaban J connectivity index is 1.40. The third kappa shape index (κ3) is 5.94. The highest BCUT2D eigenvalue weighted by atomic mass is 16.5. The molecule has 3 aromatic rings. The quantitative estimate of drug-likeness (QED) is 0.429. The number of pyridine rings is 1. The average Bonchev–Trinajstić information content (AvgIpc) is 2.93. The van der Waals surface area contributed by atoms with E-state index < -0.39 is 0 Å². The van der Waals surface area contributed by atoms with Crippen LogP contribution in [0.2, 0.25) is 0 Å². The second-order valence-electron chi connectivity index (χ2n) is 8.76. The summed E-state index contributed by atoms with van der Waals surface area (Å²) in [6.45, 7) is 2.90. The van der Waals surface area contributed by atoms with Crippen molar-refractivity contribution in [3.8, 4) is 40.0 Å². The lowest BCUT2D eigenvalue weighted by atomic mass is 10.0. The molecule has 1 aliphatic heterocycles. The molecule has 1 saturated heterocycles. The summed E-state index contributed by atoms with van der Waals surface area (Å²) in [4.78, 5) is 7.08. The summed E-state index contributed by atoms with van der Waals surface area (Å²) in [7, 11) is 8.18. The largest absolute Gasteiger partial charge is 0.497 e. The van der Waals surface area contributed by atoms with Crippen LogP contribution in [-0.4, -0.2) is 64.6 Å². The van der Waals surface area contributed by atoms with E-state index in [1.165, 1.54) is 5.56 Å². The molecule has 8 heteroatoms. The first kappa shape index (κ1) is 25.4. The zero-order chi connectivity index (χ0) is 25.5. The maximum atomic E-state index is 5.51. The summed E-state index contributed by atoms with van der Waals surface area (Å²) in [6.07, 6.45) is 3.98. The molecule has 192 valence electrons. The average molecular weight is 494 g/mol. The Morgan fingerprint density at radius 1 is 0.806 bits per heavy atom. The third-order valence-electron chi connectivity index (χ3n) is 6.50. The maximum Gasteiger partial charge on any atom is 0.203 e. The molecular formula is C28H35N3O5. The number of methoxy groups -OCH3 is 5. The van der Waals surface area contributed by atoms with Gasteiger partial charge in [-0.25, -0.2) is 0 Å². The van der Waals surface area contributed by atoms with E-state index in [1.807, 2.05) is 36.5 Å². The molecule has 0 atom stereocenters. The summed E-state index contributed by atoms with van der Waals surface area (Å²) >= 11 is 0. The second-order valence-corrected chi connectivity index (χ2v) is 8.76. The fourth-order valence-electron chi connectivity index (χ4n) is 4.58. The number of anilines is 1. The van der Waals surface area contributed by atoms with Crippen molar-refractivity contribution in [2.75, 3.05) is 54.0 Å². The standard InChI is InChI=1S/C28H35N3O5/c1-32-23-15-22(16-24(17-23)33-2)30-21-7-10-31(11-8-21)18-19-6-9-29-25(12-19)20-13-26(34-3)28(36-5)27(14-20)35-4/h6,9,12-17,21,30H,7-8,10-11,18H2,1-5H3. The van der Waals surface area contributed by atoms with Gasteiger partial charge in [0.05, 0.1) is 41.2 Å². The third-order valence-corrected chi connectivity index (χ3v) is 6.50. The Kier molecular flexibility index (Phi) is 8.38. The lowest BCUT2D eigenvalue weighted by Gasteiger charge is -2.33. The van der Waals surface area contributed by atoms with Crippen LogP contribution in [0.3, 0.4) is 0 Å². The van der Waals surface area contributed by atoms with Crippen molar-refractivity contribution in [2.24, 2.45) is 0 Å². The van der Waals surface area contributed by atoms with Gasteiger partial charge in [-0.2, -0.15) is 0 Å². The minimum atomic E-state index is 0.408. The molecule has 1 aromatic heterocycles. The fraction of sp³-hybridized carbons (Fsp3) is 0.393. The van der Waals surface area contributed by atoms with Gasteiger partial charge in [0.2, 0.25) is 5.75 Å². The van der Waals surface area contributed by atoms with Crippen LogP contribution in [0.4, 0.5) is 5.69 Å². The lowest BCUT2D eigenvalue weighted by Crippen LogP contribution is -2.38. The van der Waals surface area contributed by atoms with Gasteiger partial charge in [-0.1, -0.05) is 0 Å². The van der Waals surface area contributed by atoms with Crippen molar-refractivity contribution in [3.63, 3.8) is 0 Å². The van der Waals surface area contributed by atoms with Crippen LogP contribution >= 0.6 is 0 Å². The molecule has 1 aliphatic rings. The Bertz CT molecular complexity index is 1110. The van der Waals surface area contributed by atoms with Crippen molar-refractivity contribution < 1.29 is 23.7 Å². The van der Waals surface area contributed by atoms with Gasteiger partial charge < -0.3 is 29.0 Å². The Morgan fingerprint density at radius 3 is 2.00 bits per heavy atom. The lowest BCUT2D eigenvalue weighted by molar-refractivity contribution is 0.211. The van der Waals surface area contributed by atoms with Crippen LogP contribution in [0.25, 0.3) is 11.3 Å². The van der Waals surface area contributed by atoms with Gasteiger partial charge in [0.15, 0.2) is 11.5 Å². The van der Waals surface area contributed by atoms with E-state index in [2.05, 4.69) is 27.3 Å². The molecule has 0 saturated carbocycles. The van der Waals surface area contributed by atoms with Crippen molar-refractivity contribution in [1.29, 1.82) is 0 Å². The van der Waals surface area contributed by atoms with E-state index >= 15 is 0 Å². The van der Waals surface area contributed by atoms with Crippen LogP contribution in [0.5, 0.6) is 28.7 Å². The van der Waals surface area contributed by atoms with Crippen LogP contribution < -0.4 is 29.0 Å². The Labute approximate surface area is 213 Å². The molecule has 1 fully saturated rings. The minimum absolute atomic E-state index is 0.408. The number of rotatable bonds is 10. The predicted molar refractivity (Wildman–Crippen MR) is 141 cm³/mol. The van der Waals surface area contributed by atoms with Gasteiger partial charge in [-0.15, -0.1) is 0 Å². The molecule has 0 spiro atoms. The first-order valence-corrected chi connectivity index (χ1v) is 12.0. The molecule has 4 rings (SSSR count). The summed E-state index contributed by atoms with van der Waals surface area (Å²) in [6, 6.07) is 14.4. The van der Waals surface area contributed by atoms with E-state index in [4.69, 9.17) is 23.7 Å². The van der Waals surface area contributed by atoms with Crippen LogP contribution in [0.1, 0.15) is 18.4 Å². The molecule has 8 nitrogen and oxygen atoms in total. The smallest absolute Gasteiger partial charge is 0.203 e. The highest BCUT2D eigenvalue weighted by Gasteiger charge is 2.20. The summed E-state index contributed by atoms with van der Waals surface area (Å²) in [5.41, 5.74) is 4.03. The molecular weight excluding hydrogens is 458 g/mol. The van der Waals surface area contributed by atoms with Crippen LogP contribution in [0.15, 0.2) is 48.7 Å². The van der Waals surface area contributed by atoms with Crippen molar-refractivity contribution in [2.45, 2.75) is 25.4 Å². The number of benzene rings is 2. The number of nitrogens with zero attached hydrogens (tertiary/aromatic N) is 2. The topological polar surface area (TPSA) is 74.3 Å². The van der Waals surface area contributed by atoms with Gasteiger partial charge in [0.25, 0.3) is 0 Å². The predicted octanol–water partition coefficient (Wildman–Crippen LogP) is 4.87.